The van der Waals surface area contributed by atoms with Crippen molar-refractivity contribution >= 4 is 17.3 Å². The molecule has 1 aromatic carbocycles. The molecule has 0 bridgehead atoms. The predicted octanol–water partition coefficient (Wildman–Crippen LogP) is 0.852. The zero-order chi connectivity index (χ0) is 10.6. The maximum absolute atomic E-state index is 11.0. The predicted molar refractivity (Wildman–Crippen MR) is 57.6 cm³/mol. The molecule has 0 aliphatic carbocycles. The fourth-order valence-electron chi connectivity index (χ4n) is 1.02. The van der Waals surface area contributed by atoms with Gasteiger partial charge in [-0.05, 0) is 23.8 Å². The Labute approximate surface area is 82.6 Å². The Bertz CT molecular complexity index is 360. The van der Waals surface area contributed by atoms with Gasteiger partial charge in [0.1, 0.15) is 0 Å². The van der Waals surface area contributed by atoms with E-state index >= 15 is 0 Å². The van der Waals surface area contributed by atoms with Gasteiger partial charge in [0.25, 0.3) is 0 Å². The number of amides is 1. The van der Waals surface area contributed by atoms with Crippen molar-refractivity contribution in [2.24, 2.45) is 5.73 Å². The Morgan fingerprint density at radius 2 is 2.29 bits per heavy atom. The third-order valence-electron chi connectivity index (χ3n) is 1.80. The minimum Gasteiger partial charge on any atom is -0.397 e. The molecule has 0 radical (unpaired) electrons. The second kappa shape index (κ2) is 4.43. The van der Waals surface area contributed by atoms with Crippen LogP contribution in [0.5, 0.6) is 0 Å². The maximum atomic E-state index is 11.0. The summed E-state index contributed by atoms with van der Waals surface area (Å²) in [4.78, 5) is 11.0. The summed E-state index contributed by atoms with van der Waals surface area (Å²) in [6.07, 6.45) is 1.19. The van der Waals surface area contributed by atoms with Gasteiger partial charge in [-0.1, -0.05) is 12.6 Å². The van der Waals surface area contributed by atoms with E-state index in [9.17, 15) is 4.79 Å². The van der Waals surface area contributed by atoms with Crippen molar-refractivity contribution in [2.75, 3.05) is 11.1 Å². The summed E-state index contributed by atoms with van der Waals surface area (Å²) in [5, 5.41) is 2.60. The van der Waals surface area contributed by atoms with E-state index in [-0.39, 0.29) is 5.91 Å². The molecule has 0 unspecified atom stereocenters. The highest BCUT2D eigenvalue weighted by molar-refractivity contribution is 6.00. The smallest absolute Gasteiger partial charge is 0.247 e. The van der Waals surface area contributed by atoms with Crippen molar-refractivity contribution in [1.82, 2.24) is 0 Å². The summed E-state index contributed by atoms with van der Waals surface area (Å²) >= 11 is 0. The summed E-state index contributed by atoms with van der Waals surface area (Å²) in [5.41, 5.74) is 13.1. The zero-order valence-electron chi connectivity index (χ0n) is 7.79. The van der Waals surface area contributed by atoms with Crippen LogP contribution in [0.1, 0.15) is 5.56 Å². The molecule has 0 aliphatic rings. The van der Waals surface area contributed by atoms with Gasteiger partial charge >= 0.3 is 0 Å². The van der Waals surface area contributed by atoms with E-state index in [4.69, 9.17) is 11.5 Å². The molecule has 0 atom stereocenters. The van der Waals surface area contributed by atoms with Crippen LogP contribution in [0.4, 0.5) is 11.4 Å². The number of benzene rings is 1. The van der Waals surface area contributed by atoms with Crippen LogP contribution in [0, 0.1) is 0 Å². The van der Waals surface area contributed by atoms with E-state index in [0.29, 0.717) is 17.9 Å². The molecular formula is C10H13N3O. The molecular weight excluding hydrogens is 178 g/mol. The first-order chi connectivity index (χ1) is 6.67. The Balaban J connectivity index is 2.94. The Kier molecular flexibility index (Phi) is 3.25. The van der Waals surface area contributed by atoms with Crippen LogP contribution in [-0.4, -0.2) is 5.91 Å². The molecule has 4 nitrogen and oxygen atoms in total. The van der Waals surface area contributed by atoms with Crippen LogP contribution in [0.25, 0.3) is 0 Å². The number of carbonyl (C=O) groups is 1. The van der Waals surface area contributed by atoms with E-state index in [1.807, 2.05) is 6.07 Å². The second-order valence-corrected chi connectivity index (χ2v) is 2.82. The average Bonchev–Trinajstić information content (AvgIpc) is 2.21. The molecule has 4 heteroatoms. The van der Waals surface area contributed by atoms with Crippen LogP contribution in [0.15, 0.2) is 30.9 Å². The van der Waals surface area contributed by atoms with Crippen molar-refractivity contribution in [1.29, 1.82) is 0 Å². The van der Waals surface area contributed by atoms with Crippen molar-refractivity contribution < 1.29 is 4.79 Å². The molecule has 14 heavy (non-hydrogen) atoms. The lowest BCUT2D eigenvalue weighted by atomic mass is 10.1. The Hall–Kier alpha value is -1.81. The van der Waals surface area contributed by atoms with Gasteiger partial charge < -0.3 is 16.8 Å². The lowest BCUT2D eigenvalue weighted by Gasteiger charge is -2.07. The molecule has 0 saturated carbocycles. The summed E-state index contributed by atoms with van der Waals surface area (Å²) in [5.74, 6) is -0.286. The maximum Gasteiger partial charge on any atom is 0.247 e. The summed E-state index contributed by atoms with van der Waals surface area (Å²) in [6, 6.07) is 5.27. The van der Waals surface area contributed by atoms with Gasteiger partial charge in [0.05, 0.1) is 11.4 Å². The van der Waals surface area contributed by atoms with Gasteiger partial charge in [0, 0.05) is 6.54 Å². The standard InChI is InChI=1S/C10H13N3O/c1-2-10(14)13-9-5-7(6-11)3-4-8(9)12/h2-5H,1,6,11-12H2,(H,13,14). The number of nitrogens with two attached hydrogens (primary N) is 2. The molecule has 1 amide bonds. The normalized spacial score (nSPS) is 9.50. The minimum atomic E-state index is -0.286. The summed E-state index contributed by atoms with van der Waals surface area (Å²) in [7, 11) is 0. The fourth-order valence-corrected chi connectivity index (χ4v) is 1.02. The van der Waals surface area contributed by atoms with Crippen molar-refractivity contribution in [2.45, 2.75) is 6.54 Å². The van der Waals surface area contributed by atoms with E-state index in [1.54, 1.807) is 12.1 Å². The molecule has 0 spiro atoms. The third-order valence-corrected chi connectivity index (χ3v) is 1.80. The fraction of sp³-hybridized carbons (Fsp3) is 0.100. The number of carbonyl (C=O) groups excluding carboxylic acids is 1. The molecule has 0 saturated heterocycles. The first-order valence-electron chi connectivity index (χ1n) is 4.19. The highest BCUT2D eigenvalue weighted by Crippen LogP contribution is 2.19. The van der Waals surface area contributed by atoms with Gasteiger partial charge in [-0.3, -0.25) is 4.79 Å². The van der Waals surface area contributed by atoms with Crippen molar-refractivity contribution in [3.05, 3.63) is 36.4 Å². The monoisotopic (exact) mass is 191 g/mol. The number of nitrogen functional groups attached to an aromatic ring is 1. The second-order valence-electron chi connectivity index (χ2n) is 2.82. The van der Waals surface area contributed by atoms with E-state index in [0.717, 1.165) is 5.56 Å². The van der Waals surface area contributed by atoms with E-state index in [2.05, 4.69) is 11.9 Å². The van der Waals surface area contributed by atoms with E-state index < -0.39 is 0 Å². The topological polar surface area (TPSA) is 81.1 Å². The quantitative estimate of drug-likeness (QED) is 0.489. The zero-order valence-corrected chi connectivity index (χ0v) is 7.79. The van der Waals surface area contributed by atoms with Gasteiger partial charge in [-0.15, -0.1) is 0 Å². The molecule has 0 heterocycles. The van der Waals surface area contributed by atoms with E-state index in [1.165, 1.54) is 6.08 Å². The average molecular weight is 191 g/mol. The highest BCUT2D eigenvalue weighted by atomic mass is 16.1. The van der Waals surface area contributed by atoms with Crippen molar-refractivity contribution in [3.63, 3.8) is 0 Å². The first-order valence-corrected chi connectivity index (χ1v) is 4.19. The van der Waals surface area contributed by atoms with Crippen molar-refractivity contribution in [3.8, 4) is 0 Å². The van der Waals surface area contributed by atoms with Gasteiger partial charge in [0.2, 0.25) is 5.91 Å². The molecule has 0 fully saturated rings. The Morgan fingerprint density at radius 1 is 1.57 bits per heavy atom. The summed E-state index contributed by atoms with van der Waals surface area (Å²) in [6.45, 7) is 3.77. The molecule has 0 aromatic heterocycles. The number of rotatable bonds is 3. The largest absolute Gasteiger partial charge is 0.397 e. The van der Waals surface area contributed by atoms with Crippen LogP contribution in [-0.2, 0) is 11.3 Å². The minimum absolute atomic E-state index is 0.286. The van der Waals surface area contributed by atoms with Gasteiger partial charge in [0.15, 0.2) is 0 Å². The number of hydrogen-bond donors (Lipinski definition) is 3. The van der Waals surface area contributed by atoms with Crippen LogP contribution >= 0.6 is 0 Å². The Morgan fingerprint density at radius 3 is 2.86 bits per heavy atom. The molecule has 1 aromatic rings. The number of nitrogens with one attached hydrogen (secondary N) is 1. The molecule has 5 N–H and O–H groups in total. The number of anilines is 2. The third kappa shape index (κ3) is 2.34. The van der Waals surface area contributed by atoms with Crippen LogP contribution in [0.2, 0.25) is 0 Å². The van der Waals surface area contributed by atoms with Crippen LogP contribution in [0.3, 0.4) is 0 Å². The van der Waals surface area contributed by atoms with Crippen LogP contribution < -0.4 is 16.8 Å². The SMILES string of the molecule is C=CC(=O)Nc1cc(CN)ccc1N. The lowest BCUT2D eigenvalue weighted by molar-refractivity contribution is -0.111. The number of hydrogen-bond acceptors (Lipinski definition) is 3. The first kappa shape index (κ1) is 10.3. The molecule has 74 valence electrons. The molecule has 1 rings (SSSR count). The lowest BCUT2D eigenvalue weighted by Crippen LogP contribution is -2.10. The molecule has 0 aliphatic heterocycles. The summed E-state index contributed by atoms with van der Waals surface area (Å²) < 4.78 is 0. The van der Waals surface area contributed by atoms with Gasteiger partial charge in [-0.2, -0.15) is 0 Å². The highest BCUT2D eigenvalue weighted by Gasteiger charge is 2.02. The van der Waals surface area contributed by atoms with Gasteiger partial charge in [-0.25, -0.2) is 0 Å².